The number of hydroxylamine groups is 2. The van der Waals surface area contributed by atoms with Gasteiger partial charge in [0.15, 0.2) is 0 Å². The summed E-state index contributed by atoms with van der Waals surface area (Å²) >= 11 is 0. The molecule has 2 N–H and O–H groups in total. The van der Waals surface area contributed by atoms with Crippen LogP contribution in [0.3, 0.4) is 0 Å². The number of carboxylic acids is 1. The fourth-order valence-electron chi connectivity index (χ4n) is 2.31. The molecule has 0 aromatic carbocycles. The molecule has 0 saturated carbocycles. The number of rotatable bonds is 4. The Morgan fingerprint density at radius 1 is 1.57 bits per heavy atom. The van der Waals surface area contributed by atoms with Crippen LogP contribution in [0.1, 0.15) is 13.8 Å². The first-order valence-electron chi connectivity index (χ1n) is 5.82. The topological polar surface area (TPSA) is 116 Å². The molecule has 1 unspecified atom stereocenters. The molecule has 3 amide bonds. The SMILES string of the molecule is CC1=C[C@@H]2CN(C(=O)N2OC(C)(F)C(=O)[O-])[C@@H]1C(N)=O.[Li+]. The molecule has 0 aromatic heterocycles. The molecule has 1 fully saturated rings. The van der Waals surface area contributed by atoms with Crippen LogP contribution in [0, 0.1) is 0 Å². The monoisotopic (exact) mass is 293 g/mol. The quantitative estimate of drug-likeness (QED) is 0.413. The zero-order chi connectivity index (χ0) is 15.2. The molecule has 110 valence electrons. The number of halogens is 1. The Kier molecular flexibility index (Phi) is 4.72. The van der Waals surface area contributed by atoms with Crippen molar-refractivity contribution in [2.24, 2.45) is 5.73 Å². The number of nitrogens with zero attached hydrogens (tertiary/aromatic N) is 2. The van der Waals surface area contributed by atoms with Crippen molar-refractivity contribution in [1.82, 2.24) is 9.96 Å². The van der Waals surface area contributed by atoms with Gasteiger partial charge in [0.25, 0.3) is 5.85 Å². The van der Waals surface area contributed by atoms with Crippen molar-refractivity contribution in [2.45, 2.75) is 31.8 Å². The molecule has 2 aliphatic rings. The summed E-state index contributed by atoms with van der Waals surface area (Å²) in [6.07, 6.45) is 1.52. The smallest absolute Gasteiger partial charge is 0.544 e. The van der Waals surface area contributed by atoms with Gasteiger partial charge in [-0.2, -0.15) is 5.06 Å². The summed E-state index contributed by atoms with van der Waals surface area (Å²) in [5.74, 6) is -5.98. The third-order valence-corrected chi connectivity index (χ3v) is 3.22. The van der Waals surface area contributed by atoms with Crippen LogP contribution < -0.4 is 29.7 Å². The van der Waals surface area contributed by atoms with Gasteiger partial charge in [-0.05, 0) is 12.5 Å². The van der Waals surface area contributed by atoms with E-state index >= 15 is 0 Å². The molecule has 21 heavy (non-hydrogen) atoms. The van der Waals surface area contributed by atoms with Crippen LogP contribution in [0.2, 0.25) is 0 Å². The van der Waals surface area contributed by atoms with Gasteiger partial charge in [0, 0.05) is 6.92 Å². The van der Waals surface area contributed by atoms with E-state index in [2.05, 4.69) is 4.84 Å². The first kappa shape index (κ1) is 17.5. The third-order valence-electron chi connectivity index (χ3n) is 3.22. The van der Waals surface area contributed by atoms with Gasteiger partial charge >= 0.3 is 24.9 Å². The van der Waals surface area contributed by atoms with Crippen LogP contribution in [0.25, 0.3) is 0 Å². The van der Waals surface area contributed by atoms with Gasteiger partial charge in [-0.15, -0.1) is 0 Å². The maximum Gasteiger partial charge on any atom is 1.00 e. The fraction of sp³-hybridized carbons (Fsp3) is 0.545. The molecule has 0 spiro atoms. The predicted molar refractivity (Wildman–Crippen MR) is 60.1 cm³/mol. The van der Waals surface area contributed by atoms with E-state index in [4.69, 9.17) is 5.73 Å². The van der Waals surface area contributed by atoms with E-state index in [1.54, 1.807) is 6.92 Å². The Morgan fingerprint density at radius 2 is 2.14 bits per heavy atom. The summed E-state index contributed by atoms with van der Waals surface area (Å²) in [5, 5.41) is 11.2. The van der Waals surface area contributed by atoms with Crippen molar-refractivity contribution in [3.05, 3.63) is 11.6 Å². The molecule has 2 aliphatic heterocycles. The average Bonchev–Trinajstić information content (AvgIpc) is 2.54. The minimum Gasteiger partial charge on any atom is -0.544 e. The Labute approximate surface area is 131 Å². The second kappa shape index (κ2) is 5.67. The second-order valence-electron chi connectivity index (χ2n) is 4.84. The number of fused-ring (bicyclic) bond motifs is 2. The van der Waals surface area contributed by atoms with E-state index in [0.717, 1.165) is 4.90 Å². The van der Waals surface area contributed by atoms with E-state index in [1.807, 2.05) is 0 Å². The van der Waals surface area contributed by atoms with Gasteiger partial charge in [0.05, 0.1) is 12.6 Å². The minimum absolute atomic E-state index is 0. The van der Waals surface area contributed by atoms with E-state index < -0.39 is 35.8 Å². The molecule has 8 nitrogen and oxygen atoms in total. The van der Waals surface area contributed by atoms with Gasteiger partial charge in [-0.1, -0.05) is 6.08 Å². The van der Waals surface area contributed by atoms with Crippen molar-refractivity contribution in [1.29, 1.82) is 0 Å². The van der Waals surface area contributed by atoms with Crippen molar-refractivity contribution in [2.75, 3.05) is 6.54 Å². The van der Waals surface area contributed by atoms with Crippen LogP contribution >= 0.6 is 0 Å². The molecule has 10 heteroatoms. The molecule has 0 aromatic rings. The zero-order valence-electron chi connectivity index (χ0n) is 11.8. The summed E-state index contributed by atoms with van der Waals surface area (Å²) < 4.78 is 13.6. The summed E-state index contributed by atoms with van der Waals surface area (Å²) in [6.45, 7) is 2.28. The van der Waals surface area contributed by atoms with Gasteiger partial charge in [-0.25, -0.2) is 14.0 Å². The largest absolute Gasteiger partial charge is 1.00 e. The standard InChI is InChI=1S/C11H14FN3O5.Li/c1-5-3-6-4-14(7(5)8(13)16)10(19)15(6)20-11(2,12)9(17)18;/h3,6-7H,4H2,1-2H3,(H2,13,16)(H,17,18);/q;+1/p-1/t6-,7+,11?;/m1./s1. The number of aliphatic carboxylic acids is 1. The molecule has 2 bridgehead atoms. The Morgan fingerprint density at radius 3 is 2.62 bits per heavy atom. The van der Waals surface area contributed by atoms with E-state index in [-0.39, 0.29) is 25.4 Å². The second-order valence-corrected chi connectivity index (χ2v) is 4.84. The molecule has 0 radical (unpaired) electrons. The van der Waals surface area contributed by atoms with Crippen molar-refractivity contribution < 1.29 is 47.6 Å². The summed E-state index contributed by atoms with van der Waals surface area (Å²) in [7, 11) is 0. The van der Waals surface area contributed by atoms with Crippen LogP contribution in [0.5, 0.6) is 0 Å². The number of carbonyl (C=O) groups is 3. The Hall–Kier alpha value is -1.56. The van der Waals surface area contributed by atoms with Crippen LogP contribution in [-0.4, -0.2) is 52.4 Å². The van der Waals surface area contributed by atoms with Crippen LogP contribution in [0.15, 0.2) is 11.6 Å². The number of alkyl halides is 1. The van der Waals surface area contributed by atoms with E-state index in [1.165, 1.54) is 6.08 Å². The Balaban J connectivity index is 0.00000220. The molecule has 0 aliphatic carbocycles. The number of hydrogen-bond acceptors (Lipinski definition) is 5. The Bertz CT molecular complexity index is 524. The minimum atomic E-state index is -3.15. The van der Waals surface area contributed by atoms with Gasteiger partial charge in [-0.3, -0.25) is 4.79 Å². The van der Waals surface area contributed by atoms with Crippen molar-refractivity contribution in [3.63, 3.8) is 0 Å². The molecule has 1 saturated heterocycles. The van der Waals surface area contributed by atoms with Gasteiger partial charge in [0.1, 0.15) is 12.0 Å². The van der Waals surface area contributed by atoms with Crippen LogP contribution in [-0.2, 0) is 14.4 Å². The predicted octanol–water partition coefficient (Wildman–Crippen LogP) is -4.72. The maximum absolute atomic E-state index is 13.6. The first-order valence-corrected chi connectivity index (χ1v) is 5.82. The van der Waals surface area contributed by atoms with E-state index in [0.29, 0.717) is 17.6 Å². The third kappa shape index (κ3) is 2.90. The van der Waals surface area contributed by atoms with Gasteiger partial charge in [0.2, 0.25) is 5.91 Å². The number of carboxylic acid groups (broad SMARTS) is 1. The van der Waals surface area contributed by atoms with Crippen LogP contribution in [0.4, 0.5) is 9.18 Å². The molecule has 2 rings (SSSR count). The molecular formula is C11H13FLiN3O5. The number of primary amides is 1. The zero-order valence-corrected chi connectivity index (χ0v) is 11.8. The molecular weight excluding hydrogens is 280 g/mol. The fourth-order valence-corrected chi connectivity index (χ4v) is 2.31. The normalized spacial score (nSPS) is 26.8. The average molecular weight is 293 g/mol. The molecule has 3 atom stereocenters. The van der Waals surface area contributed by atoms with E-state index in [9.17, 15) is 23.9 Å². The number of carbonyl (C=O) groups excluding carboxylic acids is 3. The summed E-state index contributed by atoms with van der Waals surface area (Å²) in [6, 6.07) is -2.45. The summed E-state index contributed by atoms with van der Waals surface area (Å²) in [5.41, 5.74) is 5.73. The number of urea groups is 1. The number of hydrogen-bond donors (Lipinski definition) is 1. The first-order chi connectivity index (χ1) is 9.15. The van der Waals surface area contributed by atoms with Crippen molar-refractivity contribution >= 4 is 17.9 Å². The number of amides is 3. The summed E-state index contributed by atoms with van der Waals surface area (Å²) in [4.78, 5) is 39.7. The molecule has 2 heterocycles. The maximum atomic E-state index is 13.6. The number of nitrogens with two attached hydrogens (primary N) is 1. The van der Waals surface area contributed by atoms with Crippen molar-refractivity contribution in [3.8, 4) is 0 Å². The van der Waals surface area contributed by atoms with Gasteiger partial charge < -0.3 is 20.5 Å².